The van der Waals surface area contributed by atoms with Crippen LogP contribution in [0.2, 0.25) is 5.02 Å². The zero-order chi connectivity index (χ0) is 12.6. The summed E-state index contributed by atoms with van der Waals surface area (Å²) in [6.45, 7) is 7.16. The molecule has 0 spiro atoms. The third-order valence-corrected chi connectivity index (χ3v) is 3.63. The molecular weight excluding hydrogens is 234 g/mol. The van der Waals surface area contributed by atoms with Crippen LogP contribution in [-0.2, 0) is 6.54 Å². The average molecular weight is 252 g/mol. The molecule has 3 heteroatoms. The molecule has 0 bridgehead atoms. The summed E-state index contributed by atoms with van der Waals surface area (Å²) in [5.41, 5.74) is 3.55. The summed E-state index contributed by atoms with van der Waals surface area (Å²) in [6, 6.07) is 4.03. The highest BCUT2D eigenvalue weighted by molar-refractivity contribution is 6.32. The molecule has 0 amide bonds. The topological polar surface area (TPSA) is 25.2 Å². The van der Waals surface area contributed by atoms with Gasteiger partial charge >= 0.3 is 0 Å². The fourth-order valence-corrected chi connectivity index (χ4v) is 2.48. The van der Waals surface area contributed by atoms with Crippen LogP contribution < -0.4 is 0 Å². The molecular formula is C14H18ClNO. The van der Waals surface area contributed by atoms with E-state index < -0.39 is 0 Å². The van der Waals surface area contributed by atoms with Crippen molar-refractivity contribution in [3.8, 4) is 0 Å². The number of hydrogen-bond donors (Lipinski definition) is 1. The molecule has 2 rings (SSSR count). The van der Waals surface area contributed by atoms with Gasteiger partial charge in [-0.3, -0.25) is 0 Å². The molecule has 17 heavy (non-hydrogen) atoms. The minimum atomic E-state index is 0.146. The number of rotatable bonds is 3. The first-order chi connectivity index (χ1) is 8.06. The Morgan fingerprint density at radius 3 is 2.65 bits per heavy atom. The summed E-state index contributed by atoms with van der Waals surface area (Å²) in [5, 5.41) is 11.2. The van der Waals surface area contributed by atoms with Gasteiger partial charge in [-0.2, -0.15) is 0 Å². The van der Waals surface area contributed by atoms with Crippen LogP contribution in [0.1, 0.15) is 30.9 Å². The number of halogens is 1. The van der Waals surface area contributed by atoms with Gasteiger partial charge in [-0.1, -0.05) is 31.5 Å². The molecule has 1 aromatic carbocycles. The third kappa shape index (κ3) is 2.07. The lowest BCUT2D eigenvalue weighted by Crippen LogP contribution is -2.01. The second kappa shape index (κ2) is 4.71. The number of aliphatic hydroxyl groups is 1. The lowest BCUT2D eigenvalue weighted by Gasteiger charge is -2.06. The standard InChI is InChI=1S/C14H18ClNO/c1-9(2)12-8-16(6-7-17)14-10(3)13(15)5-4-11(12)14/h4-5,8-9,17H,6-7H2,1-3H3. The van der Waals surface area contributed by atoms with Crippen LogP contribution >= 0.6 is 11.6 Å². The Morgan fingerprint density at radius 1 is 1.35 bits per heavy atom. The van der Waals surface area contributed by atoms with Gasteiger partial charge in [-0.15, -0.1) is 0 Å². The zero-order valence-electron chi connectivity index (χ0n) is 10.5. The van der Waals surface area contributed by atoms with E-state index >= 15 is 0 Å². The monoisotopic (exact) mass is 251 g/mol. The first kappa shape index (κ1) is 12.5. The maximum Gasteiger partial charge on any atom is 0.0610 e. The highest BCUT2D eigenvalue weighted by Gasteiger charge is 2.14. The van der Waals surface area contributed by atoms with E-state index in [1.54, 1.807) is 0 Å². The van der Waals surface area contributed by atoms with E-state index in [1.807, 2.05) is 13.0 Å². The Balaban J connectivity index is 2.76. The van der Waals surface area contributed by atoms with Crippen LogP contribution in [0.15, 0.2) is 18.3 Å². The lowest BCUT2D eigenvalue weighted by atomic mass is 10.0. The molecule has 0 unspecified atom stereocenters. The van der Waals surface area contributed by atoms with Crippen molar-refractivity contribution < 1.29 is 5.11 Å². The molecule has 2 aromatic rings. The van der Waals surface area contributed by atoms with Crippen molar-refractivity contribution in [3.05, 3.63) is 34.5 Å². The molecule has 1 heterocycles. The highest BCUT2D eigenvalue weighted by Crippen LogP contribution is 2.32. The molecule has 2 nitrogen and oxygen atoms in total. The van der Waals surface area contributed by atoms with E-state index in [2.05, 4.69) is 30.7 Å². The number of aromatic nitrogens is 1. The van der Waals surface area contributed by atoms with E-state index in [4.69, 9.17) is 16.7 Å². The first-order valence-electron chi connectivity index (χ1n) is 5.95. The number of aliphatic hydroxyl groups excluding tert-OH is 1. The molecule has 1 N–H and O–H groups in total. The van der Waals surface area contributed by atoms with Gasteiger partial charge < -0.3 is 9.67 Å². The van der Waals surface area contributed by atoms with E-state index in [-0.39, 0.29) is 6.61 Å². The third-order valence-electron chi connectivity index (χ3n) is 3.22. The maximum absolute atomic E-state index is 9.13. The molecule has 0 aliphatic carbocycles. The second-order valence-electron chi connectivity index (χ2n) is 4.72. The number of benzene rings is 1. The van der Waals surface area contributed by atoms with Gasteiger partial charge in [0.2, 0.25) is 0 Å². The van der Waals surface area contributed by atoms with Gasteiger partial charge in [0, 0.05) is 23.2 Å². The smallest absolute Gasteiger partial charge is 0.0610 e. The Kier molecular flexibility index (Phi) is 3.45. The van der Waals surface area contributed by atoms with Crippen molar-refractivity contribution >= 4 is 22.5 Å². The molecule has 0 radical (unpaired) electrons. The van der Waals surface area contributed by atoms with Crippen LogP contribution in [0.5, 0.6) is 0 Å². The van der Waals surface area contributed by atoms with Gasteiger partial charge in [0.25, 0.3) is 0 Å². The maximum atomic E-state index is 9.13. The Hall–Kier alpha value is -0.990. The SMILES string of the molecule is Cc1c(Cl)ccc2c(C(C)C)cn(CCO)c12. The Bertz CT molecular complexity index is 543. The summed E-state index contributed by atoms with van der Waals surface area (Å²) in [5.74, 6) is 0.470. The quantitative estimate of drug-likeness (QED) is 0.884. The van der Waals surface area contributed by atoms with Crippen molar-refractivity contribution in [2.45, 2.75) is 33.2 Å². The van der Waals surface area contributed by atoms with Crippen molar-refractivity contribution in [2.24, 2.45) is 0 Å². The van der Waals surface area contributed by atoms with Crippen molar-refractivity contribution in [2.75, 3.05) is 6.61 Å². The molecule has 0 saturated carbocycles. The van der Waals surface area contributed by atoms with Crippen molar-refractivity contribution in [3.63, 3.8) is 0 Å². The van der Waals surface area contributed by atoms with Gasteiger partial charge in [-0.05, 0) is 30.0 Å². The van der Waals surface area contributed by atoms with Crippen molar-refractivity contribution in [1.29, 1.82) is 0 Å². The lowest BCUT2D eigenvalue weighted by molar-refractivity contribution is 0.278. The first-order valence-corrected chi connectivity index (χ1v) is 6.32. The van der Waals surface area contributed by atoms with Crippen LogP contribution in [-0.4, -0.2) is 16.3 Å². The van der Waals surface area contributed by atoms with Crippen molar-refractivity contribution in [1.82, 2.24) is 4.57 Å². The molecule has 1 aromatic heterocycles. The number of aryl methyl sites for hydroxylation is 1. The van der Waals surface area contributed by atoms with Gasteiger partial charge in [0.1, 0.15) is 0 Å². The van der Waals surface area contributed by atoms with Gasteiger partial charge in [0.15, 0.2) is 0 Å². The number of hydrogen-bond acceptors (Lipinski definition) is 1. The molecule has 0 atom stereocenters. The highest BCUT2D eigenvalue weighted by atomic mass is 35.5. The van der Waals surface area contributed by atoms with Gasteiger partial charge in [0.05, 0.1) is 12.1 Å². The summed E-state index contributed by atoms with van der Waals surface area (Å²) in [6.07, 6.45) is 2.13. The van der Waals surface area contributed by atoms with Crippen LogP contribution in [0.3, 0.4) is 0 Å². The average Bonchev–Trinajstić information content (AvgIpc) is 2.64. The second-order valence-corrected chi connectivity index (χ2v) is 5.13. The summed E-state index contributed by atoms with van der Waals surface area (Å²) in [4.78, 5) is 0. The van der Waals surface area contributed by atoms with Crippen LogP contribution in [0, 0.1) is 6.92 Å². The van der Waals surface area contributed by atoms with Crippen LogP contribution in [0.25, 0.3) is 10.9 Å². The summed E-state index contributed by atoms with van der Waals surface area (Å²) in [7, 11) is 0. The van der Waals surface area contributed by atoms with Gasteiger partial charge in [-0.25, -0.2) is 0 Å². The Labute approximate surface area is 107 Å². The fourth-order valence-electron chi connectivity index (χ4n) is 2.32. The summed E-state index contributed by atoms with van der Waals surface area (Å²) >= 11 is 6.17. The van der Waals surface area contributed by atoms with E-state index in [0.29, 0.717) is 12.5 Å². The number of fused-ring (bicyclic) bond motifs is 1. The van der Waals surface area contributed by atoms with E-state index in [1.165, 1.54) is 10.9 Å². The van der Waals surface area contributed by atoms with E-state index in [0.717, 1.165) is 16.1 Å². The van der Waals surface area contributed by atoms with Crippen LogP contribution in [0.4, 0.5) is 0 Å². The Morgan fingerprint density at radius 2 is 2.06 bits per heavy atom. The minimum Gasteiger partial charge on any atom is -0.395 e. The number of nitrogens with zero attached hydrogens (tertiary/aromatic N) is 1. The molecule has 0 fully saturated rings. The minimum absolute atomic E-state index is 0.146. The van der Waals surface area contributed by atoms with E-state index in [9.17, 15) is 0 Å². The predicted molar refractivity (Wildman–Crippen MR) is 72.9 cm³/mol. The predicted octanol–water partition coefficient (Wildman–Crippen LogP) is 3.72. The molecule has 0 aliphatic heterocycles. The normalized spacial score (nSPS) is 11.6. The summed E-state index contributed by atoms with van der Waals surface area (Å²) < 4.78 is 2.10. The zero-order valence-corrected chi connectivity index (χ0v) is 11.3. The molecule has 92 valence electrons. The fraction of sp³-hybridized carbons (Fsp3) is 0.429. The largest absolute Gasteiger partial charge is 0.395 e. The molecule has 0 saturated heterocycles. The molecule has 0 aliphatic rings.